The van der Waals surface area contributed by atoms with E-state index in [9.17, 15) is 4.79 Å². The predicted molar refractivity (Wildman–Crippen MR) is 66.5 cm³/mol. The lowest BCUT2D eigenvalue weighted by molar-refractivity contribution is -0.120. The Morgan fingerprint density at radius 1 is 1.56 bits per heavy atom. The Morgan fingerprint density at radius 3 is 2.81 bits per heavy atom. The van der Waals surface area contributed by atoms with E-state index in [1.54, 1.807) is 11.3 Å². The lowest BCUT2D eigenvalue weighted by Gasteiger charge is -2.07. The number of hydrogen-bond acceptors (Lipinski definition) is 4. The Kier molecular flexibility index (Phi) is 4.89. The molecule has 1 rings (SSSR count). The van der Waals surface area contributed by atoms with Crippen LogP contribution in [0.4, 0.5) is 0 Å². The molecule has 1 aromatic rings. The van der Waals surface area contributed by atoms with Crippen LogP contribution in [0, 0.1) is 0 Å². The molecule has 0 fully saturated rings. The van der Waals surface area contributed by atoms with E-state index in [1.807, 2.05) is 33.3 Å². The van der Waals surface area contributed by atoms with Crippen LogP contribution in [0.25, 0.3) is 0 Å². The highest BCUT2D eigenvalue weighted by Gasteiger charge is 2.08. The van der Waals surface area contributed by atoms with Crippen LogP contribution in [-0.2, 0) is 17.8 Å². The fourth-order valence-corrected chi connectivity index (χ4v) is 2.22. The molecular weight excluding hydrogens is 222 g/mol. The van der Waals surface area contributed by atoms with Gasteiger partial charge in [-0.25, -0.2) is 4.98 Å². The highest BCUT2D eigenvalue weighted by molar-refractivity contribution is 7.09. The molecule has 0 bridgehead atoms. The third kappa shape index (κ3) is 4.72. The van der Waals surface area contributed by atoms with E-state index >= 15 is 0 Å². The molecule has 0 aliphatic carbocycles. The van der Waals surface area contributed by atoms with Gasteiger partial charge < -0.3 is 10.2 Å². The summed E-state index contributed by atoms with van der Waals surface area (Å²) >= 11 is 1.61. The predicted octanol–water partition coefficient (Wildman–Crippen LogP) is 1.27. The minimum atomic E-state index is 0.0386. The fourth-order valence-electron chi connectivity index (χ4n) is 1.31. The molecule has 0 radical (unpaired) electrons. The topological polar surface area (TPSA) is 45.2 Å². The molecule has 1 aromatic heterocycles. The van der Waals surface area contributed by atoms with E-state index < -0.39 is 0 Å². The van der Waals surface area contributed by atoms with Crippen molar-refractivity contribution in [3.63, 3.8) is 0 Å². The molecule has 1 heterocycles. The molecule has 0 spiro atoms. The maximum Gasteiger partial charge on any atom is 0.226 e. The van der Waals surface area contributed by atoms with Crippen LogP contribution in [0.2, 0.25) is 0 Å². The average molecular weight is 241 g/mol. The van der Waals surface area contributed by atoms with Gasteiger partial charge in [0, 0.05) is 18.0 Å². The molecule has 5 heteroatoms. The normalized spacial score (nSPS) is 11.1. The lowest BCUT2D eigenvalue weighted by atomic mass is 10.3. The van der Waals surface area contributed by atoms with Crippen molar-refractivity contribution in [1.82, 2.24) is 15.2 Å². The second-order valence-corrected chi connectivity index (χ2v) is 5.31. The van der Waals surface area contributed by atoms with Crippen molar-refractivity contribution in [2.45, 2.75) is 32.9 Å². The smallest absolute Gasteiger partial charge is 0.226 e. The maximum atomic E-state index is 11.5. The Balaban J connectivity index is 2.48. The summed E-state index contributed by atoms with van der Waals surface area (Å²) in [4.78, 5) is 18.0. The van der Waals surface area contributed by atoms with Crippen LogP contribution in [-0.4, -0.2) is 35.9 Å². The summed E-state index contributed by atoms with van der Waals surface area (Å²) in [5.41, 5.74) is 0.861. The average Bonchev–Trinajstić information content (AvgIpc) is 2.49. The zero-order valence-corrected chi connectivity index (χ0v) is 11.1. The van der Waals surface area contributed by atoms with Gasteiger partial charge in [0.25, 0.3) is 0 Å². The molecular formula is C11H19N3OS. The Bertz CT molecular complexity index is 347. The van der Waals surface area contributed by atoms with Crippen molar-refractivity contribution < 1.29 is 4.79 Å². The minimum Gasteiger partial charge on any atom is -0.354 e. The summed E-state index contributed by atoms with van der Waals surface area (Å²) in [5, 5.41) is 5.87. The fraction of sp³-hybridized carbons (Fsp3) is 0.636. The number of amides is 1. The Hall–Kier alpha value is -0.940. The molecule has 4 nitrogen and oxygen atoms in total. The molecule has 0 unspecified atom stereocenters. The van der Waals surface area contributed by atoms with Crippen LogP contribution >= 0.6 is 11.3 Å². The van der Waals surface area contributed by atoms with Gasteiger partial charge in [-0.2, -0.15) is 0 Å². The number of hydrogen-bond donors (Lipinski definition) is 1. The molecule has 0 aliphatic rings. The molecule has 16 heavy (non-hydrogen) atoms. The summed E-state index contributed by atoms with van der Waals surface area (Å²) in [6, 6.07) is 0.187. The zero-order valence-electron chi connectivity index (χ0n) is 10.3. The number of thiazole rings is 1. The number of carbonyl (C=O) groups excluding carboxylic acids is 1. The first-order valence-corrected chi connectivity index (χ1v) is 6.22. The quantitative estimate of drug-likeness (QED) is 0.844. The van der Waals surface area contributed by atoms with Crippen molar-refractivity contribution in [3.05, 3.63) is 16.1 Å². The molecule has 0 aromatic carbocycles. The van der Waals surface area contributed by atoms with Gasteiger partial charge in [0.2, 0.25) is 5.91 Å². The van der Waals surface area contributed by atoms with Crippen LogP contribution < -0.4 is 5.32 Å². The third-order valence-corrected chi connectivity index (χ3v) is 2.72. The first-order valence-electron chi connectivity index (χ1n) is 5.34. The van der Waals surface area contributed by atoms with Gasteiger partial charge in [0.15, 0.2) is 0 Å². The van der Waals surface area contributed by atoms with Gasteiger partial charge in [-0.3, -0.25) is 4.79 Å². The lowest BCUT2D eigenvalue weighted by Crippen LogP contribution is -2.31. The van der Waals surface area contributed by atoms with Crippen LogP contribution in [0.5, 0.6) is 0 Å². The molecule has 0 aliphatic heterocycles. The van der Waals surface area contributed by atoms with Crippen LogP contribution in [0.15, 0.2) is 5.38 Å². The van der Waals surface area contributed by atoms with Gasteiger partial charge in [-0.15, -0.1) is 11.3 Å². The number of aromatic nitrogens is 1. The van der Waals surface area contributed by atoms with Gasteiger partial charge >= 0.3 is 0 Å². The zero-order chi connectivity index (χ0) is 12.1. The van der Waals surface area contributed by atoms with Crippen molar-refractivity contribution >= 4 is 17.2 Å². The molecule has 90 valence electrons. The van der Waals surface area contributed by atoms with Gasteiger partial charge in [0.05, 0.1) is 12.1 Å². The van der Waals surface area contributed by atoms with Gasteiger partial charge in [0.1, 0.15) is 5.01 Å². The summed E-state index contributed by atoms with van der Waals surface area (Å²) in [5.74, 6) is 0.0386. The minimum absolute atomic E-state index is 0.0386. The van der Waals surface area contributed by atoms with E-state index in [0.717, 1.165) is 17.2 Å². The first kappa shape index (κ1) is 13.1. The van der Waals surface area contributed by atoms with E-state index in [-0.39, 0.29) is 11.9 Å². The highest BCUT2D eigenvalue weighted by atomic mass is 32.1. The number of rotatable bonds is 5. The van der Waals surface area contributed by atoms with Crippen molar-refractivity contribution in [2.75, 3.05) is 14.1 Å². The third-order valence-electron chi connectivity index (χ3n) is 1.84. The Morgan fingerprint density at radius 2 is 2.25 bits per heavy atom. The second-order valence-electron chi connectivity index (χ2n) is 4.37. The number of nitrogens with zero attached hydrogens (tertiary/aromatic N) is 2. The summed E-state index contributed by atoms with van der Waals surface area (Å²) < 4.78 is 0. The number of nitrogens with one attached hydrogen (secondary N) is 1. The Labute approximate surface area is 101 Å². The highest BCUT2D eigenvalue weighted by Crippen LogP contribution is 2.11. The number of carbonyl (C=O) groups is 1. The van der Waals surface area contributed by atoms with Crippen LogP contribution in [0.1, 0.15) is 24.5 Å². The van der Waals surface area contributed by atoms with Gasteiger partial charge in [-0.05, 0) is 27.9 Å². The standard InChI is InChI=1S/C11H19N3OS/c1-8(2)12-10(15)5-9-7-16-11(13-9)6-14(3)4/h7-8H,5-6H2,1-4H3,(H,12,15). The SMILES string of the molecule is CC(C)NC(=O)Cc1csc(CN(C)C)n1. The monoisotopic (exact) mass is 241 g/mol. The molecule has 1 amide bonds. The first-order chi connectivity index (χ1) is 7.47. The van der Waals surface area contributed by atoms with E-state index in [0.29, 0.717) is 6.42 Å². The molecule has 0 saturated carbocycles. The van der Waals surface area contributed by atoms with Gasteiger partial charge in [-0.1, -0.05) is 0 Å². The largest absolute Gasteiger partial charge is 0.354 e. The maximum absolute atomic E-state index is 11.5. The van der Waals surface area contributed by atoms with E-state index in [1.165, 1.54) is 0 Å². The van der Waals surface area contributed by atoms with Crippen molar-refractivity contribution in [3.8, 4) is 0 Å². The van der Waals surface area contributed by atoms with Crippen molar-refractivity contribution in [1.29, 1.82) is 0 Å². The summed E-state index contributed by atoms with van der Waals surface area (Å²) in [7, 11) is 4.01. The molecule has 1 N–H and O–H groups in total. The van der Waals surface area contributed by atoms with Crippen LogP contribution in [0.3, 0.4) is 0 Å². The molecule has 0 saturated heterocycles. The molecule has 0 atom stereocenters. The summed E-state index contributed by atoms with van der Waals surface area (Å²) in [6.07, 6.45) is 0.377. The summed E-state index contributed by atoms with van der Waals surface area (Å²) in [6.45, 7) is 4.74. The van der Waals surface area contributed by atoms with Crippen molar-refractivity contribution in [2.24, 2.45) is 0 Å². The van der Waals surface area contributed by atoms with E-state index in [2.05, 4.69) is 15.2 Å². The van der Waals surface area contributed by atoms with E-state index in [4.69, 9.17) is 0 Å². The second kappa shape index (κ2) is 5.96.